The van der Waals surface area contributed by atoms with Gasteiger partial charge < -0.3 is 5.11 Å². The smallest absolute Gasteiger partial charge is 0.138 e. The summed E-state index contributed by atoms with van der Waals surface area (Å²) in [7, 11) is 1.91. The SMILES string of the molecule is Cc1nn(C)c(C)c1/C=C(/C(O)C(C)C)n1cncn1. The van der Waals surface area contributed by atoms with Crippen LogP contribution in [0.2, 0.25) is 0 Å². The van der Waals surface area contributed by atoms with Crippen LogP contribution in [0.4, 0.5) is 0 Å². The highest BCUT2D eigenvalue weighted by molar-refractivity contribution is 5.74. The van der Waals surface area contributed by atoms with Gasteiger partial charge in [-0.25, -0.2) is 9.67 Å². The van der Waals surface area contributed by atoms with Gasteiger partial charge in [-0.05, 0) is 25.8 Å². The van der Waals surface area contributed by atoms with Gasteiger partial charge in [-0.15, -0.1) is 0 Å². The van der Waals surface area contributed by atoms with Crippen LogP contribution in [0.15, 0.2) is 12.7 Å². The maximum absolute atomic E-state index is 10.4. The molecule has 0 aliphatic rings. The minimum atomic E-state index is -0.615. The summed E-state index contributed by atoms with van der Waals surface area (Å²) in [5.74, 6) is 0.0859. The van der Waals surface area contributed by atoms with Gasteiger partial charge in [0, 0.05) is 18.3 Å². The van der Waals surface area contributed by atoms with Crippen LogP contribution in [0.3, 0.4) is 0 Å². The lowest BCUT2D eigenvalue weighted by Crippen LogP contribution is -2.21. The van der Waals surface area contributed by atoms with Crippen molar-refractivity contribution < 1.29 is 5.11 Å². The molecule has 0 aliphatic heterocycles. The van der Waals surface area contributed by atoms with E-state index < -0.39 is 6.10 Å². The van der Waals surface area contributed by atoms with E-state index in [1.165, 1.54) is 6.33 Å². The molecule has 0 fully saturated rings. The lowest BCUT2D eigenvalue weighted by Gasteiger charge is -2.18. The van der Waals surface area contributed by atoms with Crippen molar-refractivity contribution in [1.29, 1.82) is 0 Å². The molecule has 0 aliphatic carbocycles. The predicted octanol–water partition coefficient (Wildman–Crippen LogP) is 1.64. The van der Waals surface area contributed by atoms with E-state index in [0.29, 0.717) is 5.70 Å². The molecule has 6 nitrogen and oxygen atoms in total. The van der Waals surface area contributed by atoms with Gasteiger partial charge in [-0.3, -0.25) is 4.68 Å². The lowest BCUT2D eigenvalue weighted by molar-refractivity contribution is 0.175. The second-order valence-electron chi connectivity index (χ2n) is 5.31. The van der Waals surface area contributed by atoms with Crippen molar-refractivity contribution in [2.75, 3.05) is 0 Å². The zero-order valence-corrected chi connectivity index (χ0v) is 12.6. The molecule has 0 amide bonds. The van der Waals surface area contributed by atoms with Crippen LogP contribution >= 0.6 is 0 Å². The van der Waals surface area contributed by atoms with Crippen LogP contribution in [0.1, 0.15) is 30.8 Å². The van der Waals surface area contributed by atoms with Crippen molar-refractivity contribution in [2.24, 2.45) is 13.0 Å². The molecular weight excluding hydrogens is 254 g/mol. The van der Waals surface area contributed by atoms with E-state index >= 15 is 0 Å². The lowest BCUT2D eigenvalue weighted by atomic mass is 10.0. The zero-order chi connectivity index (χ0) is 14.9. The molecule has 2 aromatic rings. The third-order valence-electron chi connectivity index (χ3n) is 3.48. The fourth-order valence-electron chi connectivity index (χ4n) is 2.12. The van der Waals surface area contributed by atoms with Gasteiger partial charge >= 0.3 is 0 Å². The molecule has 2 heterocycles. The fraction of sp³-hybridized carbons (Fsp3) is 0.500. The summed E-state index contributed by atoms with van der Waals surface area (Å²) in [5, 5.41) is 19.0. The van der Waals surface area contributed by atoms with Crippen molar-refractivity contribution in [1.82, 2.24) is 24.5 Å². The Kier molecular flexibility index (Phi) is 4.04. The van der Waals surface area contributed by atoms with Gasteiger partial charge in [0.25, 0.3) is 0 Å². The Labute approximate surface area is 118 Å². The molecular formula is C14H21N5O. The molecule has 108 valence electrons. The van der Waals surface area contributed by atoms with E-state index in [4.69, 9.17) is 0 Å². The van der Waals surface area contributed by atoms with Crippen LogP contribution in [0, 0.1) is 19.8 Å². The molecule has 0 radical (unpaired) electrons. The molecule has 0 saturated carbocycles. The maximum atomic E-state index is 10.4. The van der Waals surface area contributed by atoms with E-state index in [1.54, 1.807) is 11.0 Å². The molecule has 1 unspecified atom stereocenters. The topological polar surface area (TPSA) is 68.8 Å². The van der Waals surface area contributed by atoms with E-state index in [9.17, 15) is 5.11 Å². The van der Waals surface area contributed by atoms with Gasteiger partial charge in [-0.1, -0.05) is 13.8 Å². The second kappa shape index (κ2) is 5.58. The summed E-state index contributed by atoms with van der Waals surface area (Å²) in [6.45, 7) is 7.91. The Hall–Kier alpha value is -1.95. The number of aromatic nitrogens is 5. The molecule has 6 heteroatoms. The van der Waals surface area contributed by atoms with Crippen molar-refractivity contribution in [3.63, 3.8) is 0 Å². The number of rotatable bonds is 4. The summed E-state index contributed by atoms with van der Waals surface area (Å²) in [5.41, 5.74) is 3.70. The largest absolute Gasteiger partial charge is 0.387 e. The average molecular weight is 275 g/mol. The predicted molar refractivity (Wildman–Crippen MR) is 77.7 cm³/mol. The van der Waals surface area contributed by atoms with Gasteiger partial charge in [0.1, 0.15) is 12.7 Å². The van der Waals surface area contributed by atoms with Crippen LogP contribution in [-0.4, -0.2) is 35.8 Å². The van der Waals surface area contributed by atoms with E-state index in [2.05, 4.69) is 15.2 Å². The molecule has 2 aromatic heterocycles. The third-order valence-corrected chi connectivity index (χ3v) is 3.48. The van der Waals surface area contributed by atoms with Crippen LogP contribution < -0.4 is 0 Å². The summed E-state index contributed by atoms with van der Waals surface area (Å²) in [6, 6.07) is 0. The first kappa shape index (κ1) is 14.5. The average Bonchev–Trinajstić information content (AvgIpc) is 2.98. The normalized spacial score (nSPS) is 14.1. The van der Waals surface area contributed by atoms with Crippen LogP contribution in [-0.2, 0) is 7.05 Å². The van der Waals surface area contributed by atoms with Crippen LogP contribution in [0.5, 0.6) is 0 Å². The zero-order valence-electron chi connectivity index (χ0n) is 12.6. The first-order valence-electron chi connectivity index (χ1n) is 6.66. The molecule has 0 bridgehead atoms. The Balaban J connectivity index is 2.54. The number of aliphatic hydroxyl groups is 1. The first-order chi connectivity index (χ1) is 9.41. The number of aryl methyl sites for hydroxylation is 2. The molecule has 20 heavy (non-hydrogen) atoms. The standard InChI is InChI=1S/C14H21N5O/c1-9(2)14(20)13(19-8-15-7-16-19)6-12-10(3)17-18(5)11(12)4/h6-9,14,20H,1-5H3/b13-6-. The van der Waals surface area contributed by atoms with Gasteiger partial charge in [0.05, 0.1) is 17.5 Å². The quantitative estimate of drug-likeness (QED) is 0.921. The molecule has 0 spiro atoms. The molecule has 1 atom stereocenters. The van der Waals surface area contributed by atoms with Crippen molar-refractivity contribution in [3.05, 3.63) is 29.6 Å². The van der Waals surface area contributed by atoms with Gasteiger partial charge in [0.15, 0.2) is 0 Å². The van der Waals surface area contributed by atoms with Crippen molar-refractivity contribution in [3.8, 4) is 0 Å². The van der Waals surface area contributed by atoms with E-state index in [1.807, 2.05) is 45.5 Å². The van der Waals surface area contributed by atoms with E-state index in [0.717, 1.165) is 17.0 Å². The molecule has 0 aromatic carbocycles. The first-order valence-corrected chi connectivity index (χ1v) is 6.66. The minimum Gasteiger partial charge on any atom is -0.387 e. The van der Waals surface area contributed by atoms with Crippen molar-refractivity contribution >= 4 is 11.8 Å². The fourth-order valence-corrected chi connectivity index (χ4v) is 2.12. The van der Waals surface area contributed by atoms with Gasteiger partial charge in [0.2, 0.25) is 0 Å². The molecule has 2 rings (SSSR count). The third kappa shape index (κ3) is 2.65. The Morgan fingerprint density at radius 3 is 2.50 bits per heavy atom. The summed E-state index contributed by atoms with van der Waals surface area (Å²) < 4.78 is 3.44. The van der Waals surface area contributed by atoms with Crippen LogP contribution in [0.25, 0.3) is 11.8 Å². The number of hydrogen-bond acceptors (Lipinski definition) is 4. The summed E-state index contributed by atoms with van der Waals surface area (Å²) in [6.07, 6.45) is 4.38. The number of aliphatic hydroxyl groups excluding tert-OH is 1. The minimum absolute atomic E-state index is 0.0859. The second-order valence-corrected chi connectivity index (χ2v) is 5.31. The van der Waals surface area contributed by atoms with Gasteiger partial charge in [-0.2, -0.15) is 10.2 Å². The summed E-state index contributed by atoms with van der Waals surface area (Å²) in [4.78, 5) is 3.96. The summed E-state index contributed by atoms with van der Waals surface area (Å²) >= 11 is 0. The Morgan fingerprint density at radius 1 is 1.35 bits per heavy atom. The highest BCUT2D eigenvalue weighted by Crippen LogP contribution is 2.23. The van der Waals surface area contributed by atoms with Crippen molar-refractivity contribution in [2.45, 2.75) is 33.8 Å². The maximum Gasteiger partial charge on any atom is 0.138 e. The van der Waals surface area contributed by atoms with E-state index in [-0.39, 0.29) is 5.92 Å². The molecule has 0 saturated heterocycles. The Bertz CT molecular complexity index is 610. The number of hydrogen-bond donors (Lipinski definition) is 1. The Morgan fingerprint density at radius 2 is 2.05 bits per heavy atom. The highest BCUT2D eigenvalue weighted by atomic mass is 16.3. The number of nitrogens with zero attached hydrogens (tertiary/aromatic N) is 5. The monoisotopic (exact) mass is 275 g/mol. The highest BCUT2D eigenvalue weighted by Gasteiger charge is 2.19. The molecule has 1 N–H and O–H groups in total.